The minimum absolute atomic E-state index is 0.233. The molecular formula is C26H21F4N3O3. The number of hydrazine groups is 1. The van der Waals surface area contributed by atoms with E-state index < -0.39 is 30.1 Å². The quantitative estimate of drug-likeness (QED) is 0.293. The van der Waals surface area contributed by atoms with E-state index in [2.05, 4.69) is 5.43 Å². The van der Waals surface area contributed by atoms with Crippen molar-refractivity contribution in [2.45, 2.75) is 24.9 Å². The highest BCUT2D eigenvalue weighted by Crippen LogP contribution is 2.43. The Morgan fingerprint density at radius 1 is 1.06 bits per heavy atom. The second kappa shape index (κ2) is 8.65. The molecule has 1 atom stereocenters. The van der Waals surface area contributed by atoms with Crippen LogP contribution in [-0.2, 0) is 23.4 Å². The first-order valence-corrected chi connectivity index (χ1v) is 11.0. The van der Waals surface area contributed by atoms with Crippen molar-refractivity contribution in [2.75, 3.05) is 12.1 Å². The fourth-order valence-electron chi connectivity index (χ4n) is 4.45. The Kier molecular flexibility index (Phi) is 5.73. The SMILES string of the molecule is COC(=O)c1ccc2c(ccn2CC(O)(c2ccc3c(c2)CNN3c2ccc(F)cc2)C(F)(F)F)c1. The number of aromatic nitrogens is 1. The topological polar surface area (TPSA) is 66.7 Å². The number of alkyl halides is 3. The summed E-state index contributed by atoms with van der Waals surface area (Å²) in [6.07, 6.45) is -3.54. The van der Waals surface area contributed by atoms with E-state index in [0.717, 1.165) is 0 Å². The summed E-state index contributed by atoms with van der Waals surface area (Å²) in [5.41, 5.74) is 2.07. The van der Waals surface area contributed by atoms with Crippen molar-refractivity contribution in [3.63, 3.8) is 0 Å². The third-order valence-corrected chi connectivity index (χ3v) is 6.37. The zero-order valence-corrected chi connectivity index (χ0v) is 19.0. The van der Waals surface area contributed by atoms with Crippen LogP contribution in [0.1, 0.15) is 21.5 Å². The van der Waals surface area contributed by atoms with Crippen molar-refractivity contribution < 1.29 is 32.2 Å². The molecule has 1 aliphatic heterocycles. The van der Waals surface area contributed by atoms with Crippen LogP contribution in [0.15, 0.2) is 72.9 Å². The zero-order chi connectivity index (χ0) is 25.7. The predicted octanol–water partition coefficient (Wildman–Crippen LogP) is 5.17. The highest BCUT2D eigenvalue weighted by atomic mass is 19.4. The number of rotatable bonds is 5. The predicted molar refractivity (Wildman–Crippen MR) is 125 cm³/mol. The van der Waals surface area contributed by atoms with Crippen LogP contribution in [-0.4, -0.2) is 28.9 Å². The molecule has 0 spiro atoms. The molecule has 4 aromatic rings. The molecule has 6 nitrogen and oxygen atoms in total. The van der Waals surface area contributed by atoms with Crippen molar-refractivity contribution >= 4 is 28.2 Å². The van der Waals surface area contributed by atoms with Crippen LogP contribution in [0.4, 0.5) is 28.9 Å². The molecular weight excluding hydrogens is 478 g/mol. The van der Waals surface area contributed by atoms with E-state index in [-0.39, 0.29) is 17.7 Å². The van der Waals surface area contributed by atoms with Crippen LogP contribution >= 0.6 is 0 Å². The number of carbonyl (C=O) groups is 1. The molecule has 2 heterocycles. The van der Waals surface area contributed by atoms with E-state index in [1.165, 1.54) is 66.4 Å². The highest BCUT2D eigenvalue weighted by molar-refractivity contribution is 5.94. The van der Waals surface area contributed by atoms with Gasteiger partial charge in [-0.3, -0.25) is 5.01 Å². The van der Waals surface area contributed by atoms with Crippen LogP contribution in [0.25, 0.3) is 10.9 Å². The lowest BCUT2D eigenvalue weighted by Gasteiger charge is -2.32. The molecule has 5 rings (SSSR count). The average Bonchev–Trinajstić information content (AvgIpc) is 3.46. The fraction of sp³-hybridized carbons (Fsp3) is 0.192. The van der Waals surface area contributed by atoms with E-state index in [4.69, 9.17) is 4.74 Å². The summed E-state index contributed by atoms with van der Waals surface area (Å²) >= 11 is 0. The number of methoxy groups -OCH3 is 1. The Hall–Kier alpha value is -3.89. The fourth-order valence-corrected chi connectivity index (χ4v) is 4.45. The van der Waals surface area contributed by atoms with Crippen LogP contribution in [0.2, 0.25) is 0 Å². The maximum atomic E-state index is 14.3. The standard InChI is InChI=1S/C26H21F4N3O3/c1-36-24(34)17-2-8-22-16(12-17)10-11-32(22)15-25(35,26(28,29)30)19-3-9-23-18(13-19)14-31-33(23)21-6-4-20(27)5-7-21/h2-13,31,35H,14-15H2,1H3. The number of fused-ring (bicyclic) bond motifs is 2. The van der Waals surface area contributed by atoms with Crippen molar-refractivity contribution in [2.24, 2.45) is 0 Å². The second-order valence-electron chi connectivity index (χ2n) is 8.56. The maximum absolute atomic E-state index is 14.3. The van der Waals surface area contributed by atoms with Gasteiger partial charge in [-0.2, -0.15) is 13.2 Å². The van der Waals surface area contributed by atoms with Crippen molar-refractivity contribution in [1.82, 2.24) is 9.99 Å². The molecule has 10 heteroatoms. The number of benzene rings is 3. The Labute approximate surface area is 203 Å². The van der Waals surface area contributed by atoms with Gasteiger partial charge in [-0.15, -0.1) is 0 Å². The number of nitrogens with zero attached hydrogens (tertiary/aromatic N) is 2. The number of hydrogen-bond acceptors (Lipinski definition) is 5. The van der Waals surface area contributed by atoms with E-state index >= 15 is 0 Å². The Balaban J connectivity index is 1.50. The molecule has 0 amide bonds. The lowest BCUT2D eigenvalue weighted by Crippen LogP contribution is -2.45. The van der Waals surface area contributed by atoms with Crippen LogP contribution in [0.5, 0.6) is 0 Å². The minimum atomic E-state index is -4.98. The van der Waals surface area contributed by atoms with Crippen molar-refractivity contribution in [3.05, 3.63) is 95.4 Å². The molecule has 0 saturated carbocycles. The number of esters is 1. The molecule has 2 N–H and O–H groups in total. The molecule has 0 radical (unpaired) electrons. The summed E-state index contributed by atoms with van der Waals surface area (Å²) in [4.78, 5) is 11.8. The van der Waals surface area contributed by atoms with E-state index in [0.29, 0.717) is 27.8 Å². The van der Waals surface area contributed by atoms with Gasteiger partial charge < -0.3 is 14.4 Å². The molecule has 1 aliphatic rings. The number of hydrogen-bond donors (Lipinski definition) is 2. The molecule has 0 bridgehead atoms. The van der Waals surface area contributed by atoms with Gasteiger partial charge in [0.2, 0.25) is 5.60 Å². The van der Waals surface area contributed by atoms with Gasteiger partial charge in [-0.1, -0.05) is 6.07 Å². The van der Waals surface area contributed by atoms with Crippen LogP contribution in [0, 0.1) is 5.82 Å². The summed E-state index contributed by atoms with van der Waals surface area (Å²) in [5.74, 6) is -0.958. The number of aliphatic hydroxyl groups is 1. The van der Waals surface area contributed by atoms with Crippen LogP contribution in [0.3, 0.4) is 0 Å². The van der Waals surface area contributed by atoms with Crippen molar-refractivity contribution in [1.29, 1.82) is 0 Å². The Morgan fingerprint density at radius 2 is 1.81 bits per heavy atom. The lowest BCUT2D eigenvalue weighted by molar-refractivity contribution is -0.271. The van der Waals surface area contributed by atoms with Crippen molar-refractivity contribution in [3.8, 4) is 0 Å². The van der Waals surface area contributed by atoms with Gasteiger partial charge in [0.15, 0.2) is 0 Å². The van der Waals surface area contributed by atoms with Gasteiger partial charge in [-0.05, 0) is 71.8 Å². The summed E-state index contributed by atoms with van der Waals surface area (Å²) < 4.78 is 62.3. The molecule has 1 aromatic heterocycles. The largest absolute Gasteiger partial charge is 0.465 e. The molecule has 36 heavy (non-hydrogen) atoms. The number of ether oxygens (including phenoxy) is 1. The average molecular weight is 499 g/mol. The van der Waals surface area contributed by atoms with Gasteiger partial charge in [0.05, 0.1) is 30.6 Å². The monoisotopic (exact) mass is 499 g/mol. The van der Waals surface area contributed by atoms with Gasteiger partial charge in [-0.25, -0.2) is 14.6 Å². The molecule has 0 aliphatic carbocycles. The molecule has 0 fully saturated rings. The number of anilines is 2. The number of carbonyl (C=O) groups excluding carboxylic acids is 1. The third-order valence-electron chi connectivity index (χ3n) is 6.37. The molecule has 0 saturated heterocycles. The van der Waals surface area contributed by atoms with Gasteiger partial charge in [0, 0.05) is 23.6 Å². The zero-order valence-electron chi connectivity index (χ0n) is 19.0. The number of nitrogens with one attached hydrogen (secondary N) is 1. The van der Waals surface area contributed by atoms with Gasteiger partial charge in [0.1, 0.15) is 5.82 Å². The Morgan fingerprint density at radius 3 is 2.50 bits per heavy atom. The summed E-state index contributed by atoms with van der Waals surface area (Å²) in [6, 6.07) is 15.9. The normalized spacial score (nSPS) is 15.1. The van der Waals surface area contributed by atoms with E-state index in [9.17, 15) is 27.5 Å². The molecule has 3 aromatic carbocycles. The first-order chi connectivity index (χ1) is 17.1. The highest BCUT2D eigenvalue weighted by Gasteiger charge is 2.55. The molecule has 186 valence electrons. The maximum Gasteiger partial charge on any atom is 0.423 e. The smallest absolute Gasteiger partial charge is 0.423 e. The number of halogens is 4. The molecule has 1 unspecified atom stereocenters. The van der Waals surface area contributed by atoms with Crippen LogP contribution < -0.4 is 10.4 Å². The first kappa shape index (κ1) is 23.8. The minimum Gasteiger partial charge on any atom is -0.465 e. The summed E-state index contributed by atoms with van der Waals surface area (Å²) in [7, 11) is 1.24. The third kappa shape index (κ3) is 3.98. The second-order valence-corrected chi connectivity index (χ2v) is 8.56. The summed E-state index contributed by atoms with van der Waals surface area (Å²) in [5, 5.41) is 13.3. The summed E-state index contributed by atoms with van der Waals surface area (Å²) in [6.45, 7) is -0.553. The van der Waals surface area contributed by atoms with E-state index in [1.807, 2.05) is 0 Å². The first-order valence-electron chi connectivity index (χ1n) is 11.0. The van der Waals surface area contributed by atoms with Gasteiger partial charge >= 0.3 is 12.1 Å². The van der Waals surface area contributed by atoms with E-state index in [1.54, 1.807) is 23.2 Å². The Bertz CT molecular complexity index is 1450. The van der Waals surface area contributed by atoms with Gasteiger partial charge in [0.25, 0.3) is 0 Å². The lowest BCUT2D eigenvalue weighted by atomic mass is 9.91.